The minimum absolute atomic E-state index is 0.555. The van der Waals surface area contributed by atoms with Crippen LogP contribution in [0.1, 0.15) is 0 Å². The molecule has 230 valence electrons. The molecule has 0 atom stereocenters. The first-order valence-corrected chi connectivity index (χ1v) is 16.3. The molecule has 0 N–H and O–H groups in total. The molecule has 5 heteroatoms. The molecule has 5 nitrogen and oxygen atoms in total. The smallest absolute Gasteiger partial charge is 0.227 e. The van der Waals surface area contributed by atoms with Gasteiger partial charge in [-0.05, 0) is 110 Å². The maximum atomic E-state index is 6.15. The average Bonchev–Trinajstić information content (AvgIpc) is 3.79. The molecule has 0 amide bonds. The maximum Gasteiger partial charge on any atom is 0.227 e. The van der Waals surface area contributed by atoms with Crippen molar-refractivity contribution in [2.24, 2.45) is 0 Å². The molecular formula is C44H27N3O2. The van der Waals surface area contributed by atoms with Gasteiger partial charge in [0.05, 0.1) is 0 Å². The van der Waals surface area contributed by atoms with Gasteiger partial charge < -0.3 is 13.7 Å². The maximum absolute atomic E-state index is 6.15. The zero-order chi connectivity index (χ0) is 32.3. The summed E-state index contributed by atoms with van der Waals surface area (Å²) in [6.07, 6.45) is 1.43. The zero-order valence-corrected chi connectivity index (χ0v) is 26.2. The number of nitrogens with zero attached hydrogens (tertiary/aromatic N) is 3. The van der Waals surface area contributed by atoms with E-state index < -0.39 is 0 Å². The van der Waals surface area contributed by atoms with Crippen molar-refractivity contribution in [1.82, 2.24) is 9.97 Å². The van der Waals surface area contributed by atoms with Gasteiger partial charge in [0.1, 0.15) is 11.0 Å². The van der Waals surface area contributed by atoms with E-state index in [0.717, 1.165) is 33.7 Å². The van der Waals surface area contributed by atoms with E-state index in [1.807, 2.05) is 12.1 Å². The van der Waals surface area contributed by atoms with E-state index >= 15 is 0 Å². The summed E-state index contributed by atoms with van der Waals surface area (Å²) in [6, 6.07) is 55.8. The molecule has 10 aromatic rings. The zero-order valence-electron chi connectivity index (χ0n) is 26.2. The van der Waals surface area contributed by atoms with E-state index in [-0.39, 0.29) is 0 Å². The Morgan fingerprint density at radius 1 is 0.408 bits per heavy atom. The third-order valence-electron chi connectivity index (χ3n) is 9.37. The number of benzene rings is 8. The first kappa shape index (κ1) is 27.4. The van der Waals surface area contributed by atoms with Gasteiger partial charge in [-0.3, -0.25) is 0 Å². The van der Waals surface area contributed by atoms with Crippen molar-refractivity contribution >= 4 is 71.6 Å². The fraction of sp³-hybridized carbons (Fsp3) is 0. The SMILES string of the molecule is c1ccc2cc(N(c3ccc(-c4ccc5cc6ccccc6cc5c4)cc3)c3ccc(-c4nc5cc6ocnc6cc5o4)cc3)ccc2c1. The van der Waals surface area contributed by atoms with Crippen LogP contribution in [0.15, 0.2) is 173 Å². The molecule has 8 aromatic carbocycles. The van der Waals surface area contributed by atoms with Gasteiger partial charge in [-0.15, -0.1) is 0 Å². The Kier molecular flexibility index (Phi) is 6.11. The molecule has 0 fully saturated rings. The minimum Gasteiger partial charge on any atom is -0.443 e. The van der Waals surface area contributed by atoms with Gasteiger partial charge in [-0.25, -0.2) is 9.97 Å². The average molecular weight is 630 g/mol. The van der Waals surface area contributed by atoms with E-state index in [2.05, 4.69) is 155 Å². The van der Waals surface area contributed by atoms with Crippen LogP contribution in [0.4, 0.5) is 17.1 Å². The monoisotopic (exact) mass is 629 g/mol. The molecule has 2 heterocycles. The quantitative estimate of drug-likeness (QED) is 0.177. The highest BCUT2D eigenvalue weighted by Crippen LogP contribution is 2.39. The first-order chi connectivity index (χ1) is 24.2. The standard InChI is InChI=1S/C44H27N3O2/c1-2-8-33-24-39(20-13-28(33)5-1)47(38-18-14-30(15-19-38)44-46-41-26-42-40(45-27-48-42)25-43(41)49-44)37-16-11-29(12-17-37)34-9-10-35-21-31-6-3-4-7-32(31)22-36(35)23-34/h1-27H. The molecular weight excluding hydrogens is 603 g/mol. The van der Waals surface area contributed by atoms with Crippen molar-refractivity contribution in [1.29, 1.82) is 0 Å². The highest BCUT2D eigenvalue weighted by Gasteiger charge is 2.16. The van der Waals surface area contributed by atoms with Crippen LogP contribution in [0.3, 0.4) is 0 Å². The van der Waals surface area contributed by atoms with Crippen molar-refractivity contribution in [3.63, 3.8) is 0 Å². The van der Waals surface area contributed by atoms with Crippen LogP contribution < -0.4 is 4.90 Å². The topological polar surface area (TPSA) is 55.3 Å². The molecule has 0 spiro atoms. The normalized spacial score (nSPS) is 11.7. The molecule has 0 unspecified atom stereocenters. The Hall–Kier alpha value is -6.72. The van der Waals surface area contributed by atoms with Crippen LogP contribution in [0.25, 0.3) is 77.1 Å². The predicted molar refractivity (Wildman–Crippen MR) is 200 cm³/mol. The lowest BCUT2D eigenvalue weighted by atomic mass is 9.98. The Morgan fingerprint density at radius 3 is 1.73 bits per heavy atom. The van der Waals surface area contributed by atoms with Gasteiger partial charge in [0.25, 0.3) is 0 Å². The Morgan fingerprint density at radius 2 is 0.980 bits per heavy atom. The Bertz CT molecular complexity index is 2780. The first-order valence-electron chi connectivity index (χ1n) is 16.3. The van der Waals surface area contributed by atoms with Crippen LogP contribution in [-0.2, 0) is 0 Å². The number of rotatable bonds is 5. The second-order valence-corrected chi connectivity index (χ2v) is 12.4. The number of hydrogen-bond acceptors (Lipinski definition) is 5. The van der Waals surface area contributed by atoms with Crippen molar-refractivity contribution in [2.45, 2.75) is 0 Å². The summed E-state index contributed by atoms with van der Waals surface area (Å²) in [5.74, 6) is 0.555. The van der Waals surface area contributed by atoms with Crippen molar-refractivity contribution in [3.8, 4) is 22.6 Å². The van der Waals surface area contributed by atoms with E-state index in [1.54, 1.807) is 0 Å². The fourth-order valence-corrected chi connectivity index (χ4v) is 6.84. The van der Waals surface area contributed by atoms with Crippen molar-refractivity contribution in [2.75, 3.05) is 4.90 Å². The van der Waals surface area contributed by atoms with E-state index in [9.17, 15) is 0 Å². The molecule has 10 rings (SSSR count). The van der Waals surface area contributed by atoms with Gasteiger partial charge in [0.15, 0.2) is 17.6 Å². The lowest BCUT2D eigenvalue weighted by molar-refractivity contribution is 0.602. The molecule has 0 saturated carbocycles. The Labute approximate surface area is 281 Å². The number of aromatic nitrogens is 2. The van der Waals surface area contributed by atoms with Crippen molar-refractivity contribution in [3.05, 3.63) is 164 Å². The van der Waals surface area contributed by atoms with Crippen LogP contribution in [0, 0.1) is 0 Å². The summed E-state index contributed by atoms with van der Waals surface area (Å²) < 4.78 is 11.6. The summed E-state index contributed by atoms with van der Waals surface area (Å²) in [6.45, 7) is 0. The summed E-state index contributed by atoms with van der Waals surface area (Å²) in [5.41, 5.74) is 9.28. The lowest BCUT2D eigenvalue weighted by Gasteiger charge is -2.26. The lowest BCUT2D eigenvalue weighted by Crippen LogP contribution is -2.09. The highest BCUT2D eigenvalue weighted by molar-refractivity contribution is 6.00. The molecule has 0 saturated heterocycles. The number of fused-ring (bicyclic) bond motifs is 5. The van der Waals surface area contributed by atoms with E-state index in [4.69, 9.17) is 13.8 Å². The highest BCUT2D eigenvalue weighted by atomic mass is 16.4. The number of oxazole rings is 2. The van der Waals surface area contributed by atoms with Crippen LogP contribution in [0.2, 0.25) is 0 Å². The van der Waals surface area contributed by atoms with E-state index in [0.29, 0.717) is 17.1 Å². The minimum atomic E-state index is 0.555. The predicted octanol–water partition coefficient (Wildman–Crippen LogP) is 12.2. The molecule has 0 aliphatic carbocycles. The molecule has 0 radical (unpaired) electrons. The summed E-state index contributed by atoms with van der Waals surface area (Å²) in [4.78, 5) is 11.3. The largest absolute Gasteiger partial charge is 0.443 e. The Balaban J connectivity index is 1.03. The van der Waals surface area contributed by atoms with Gasteiger partial charge in [-0.1, -0.05) is 78.9 Å². The molecule has 0 aliphatic rings. The van der Waals surface area contributed by atoms with Crippen LogP contribution >= 0.6 is 0 Å². The number of anilines is 3. The van der Waals surface area contributed by atoms with Gasteiger partial charge in [0, 0.05) is 34.8 Å². The second-order valence-electron chi connectivity index (χ2n) is 12.4. The second kappa shape index (κ2) is 10.9. The summed E-state index contributed by atoms with van der Waals surface area (Å²) in [5, 5.41) is 7.39. The van der Waals surface area contributed by atoms with Gasteiger partial charge >= 0.3 is 0 Å². The summed E-state index contributed by atoms with van der Waals surface area (Å²) >= 11 is 0. The molecule has 0 bridgehead atoms. The third kappa shape index (κ3) is 4.79. The van der Waals surface area contributed by atoms with Gasteiger partial charge in [0.2, 0.25) is 5.89 Å². The molecule has 49 heavy (non-hydrogen) atoms. The number of hydrogen-bond donors (Lipinski definition) is 0. The van der Waals surface area contributed by atoms with Gasteiger partial charge in [-0.2, -0.15) is 0 Å². The van der Waals surface area contributed by atoms with E-state index in [1.165, 1.54) is 49.8 Å². The molecule has 2 aromatic heterocycles. The van der Waals surface area contributed by atoms with Crippen LogP contribution in [0.5, 0.6) is 0 Å². The summed E-state index contributed by atoms with van der Waals surface area (Å²) in [7, 11) is 0. The fourth-order valence-electron chi connectivity index (χ4n) is 6.84. The third-order valence-corrected chi connectivity index (χ3v) is 9.37. The van der Waals surface area contributed by atoms with Crippen molar-refractivity contribution < 1.29 is 8.83 Å². The van der Waals surface area contributed by atoms with Crippen LogP contribution in [-0.4, -0.2) is 9.97 Å². The molecule has 0 aliphatic heterocycles.